The molecule has 1 N–H and O–H groups in total. The SMILES string of the molecule is O=C(NCc1cccc(C(F)(F)F)c1)c1csc(Br)n1. The summed E-state index contributed by atoms with van der Waals surface area (Å²) in [7, 11) is 0. The van der Waals surface area contributed by atoms with E-state index in [1.54, 1.807) is 5.38 Å². The normalized spacial score (nSPS) is 11.4. The van der Waals surface area contributed by atoms with Crippen molar-refractivity contribution in [1.82, 2.24) is 10.3 Å². The summed E-state index contributed by atoms with van der Waals surface area (Å²) in [4.78, 5) is 15.6. The Hall–Kier alpha value is -1.41. The minimum absolute atomic E-state index is 0.0118. The minimum Gasteiger partial charge on any atom is -0.347 e. The number of halogens is 4. The molecule has 3 nitrogen and oxygen atoms in total. The number of rotatable bonds is 3. The maximum absolute atomic E-state index is 12.5. The highest BCUT2D eigenvalue weighted by Gasteiger charge is 2.30. The van der Waals surface area contributed by atoms with Gasteiger partial charge in [0, 0.05) is 11.9 Å². The monoisotopic (exact) mass is 364 g/mol. The first-order valence-electron chi connectivity index (χ1n) is 5.41. The maximum Gasteiger partial charge on any atom is 0.416 e. The second-order valence-corrected chi connectivity index (χ2v) is 6.00. The summed E-state index contributed by atoms with van der Waals surface area (Å²) < 4.78 is 38.2. The molecule has 1 amide bonds. The molecule has 0 saturated heterocycles. The summed E-state index contributed by atoms with van der Waals surface area (Å²) in [6.45, 7) is 0.0118. The van der Waals surface area contributed by atoms with Crippen molar-refractivity contribution < 1.29 is 18.0 Å². The fourth-order valence-electron chi connectivity index (χ4n) is 1.49. The van der Waals surface area contributed by atoms with E-state index in [1.165, 1.54) is 23.5 Å². The van der Waals surface area contributed by atoms with Crippen molar-refractivity contribution in [1.29, 1.82) is 0 Å². The second-order valence-electron chi connectivity index (χ2n) is 3.87. The number of hydrogen-bond acceptors (Lipinski definition) is 3. The lowest BCUT2D eigenvalue weighted by Gasteiger charge is -2.09. The average molecular weight is 365 g/mol. The van der Waals surface area contributed by atoms with Gasteiger partial charge in [0.25, 0.3) is 5.91 Å². The molecule has 2 aromatic rings. The lowest BCUT2D eigenvalue weighted by Crippen LogP contribution is -2.23. The molecule has 20 heavy (non-hydrogen) atoms. The van der Waals surface area contributed by atoms with Crippen molar-refractivity contribution in [3.05, 3.63) is 50.4 Å². The van der Waals surface area contributed by atoms with Gasteiger partial charge in [-0.3, -0.25) is 4.79 Å². The van der Waals surface area contributed by atoms with Crippen molar-refractivity contribution in [2.24, 2.45) is 0 Å². The molecule has 0 aliphatic heterocycles. The molecule has 8 heteroatoms. The Morgan fingerprint density at radius 2 is 2.15 bits per heavy atom. The van der Waals surface area contributed by atoms with E-state index in [9.17, 15) is 18.0 Å². The standard InChI is InChI=1S/C12H8BrF3N2OS/c13-11-18-9(6-20-11)10(19)17-5-7-2-1-3-8(4-7)12(14,15)16/h1-4,6H,5H2,(H,17,19). The number of nitrogens with one attached hydrogen (secondary N) is 1. The molecule has 0 aliphatic carbocycles. The van der Waals surface area contributed by atoms with Crippen LogP contribution in [0.1, 0.15) is 21.6 Å². The predicted octanol–water partition coefficient (Wildman–Crippen LogP) is 3.85. The van der Waals surface area contributed by atoms with E-state index in [2.05, 4.69) is 26.2 Å². The Kier molecular flexibility index (Phi) is 4.44. The molecular formula is C12H8BrF3N2OS. The van der Waals surface area contributed by atoms with Crippen LogP contribution in [0.25, 0.3) is 0 Å². The molecule has 106 valence electrons. The Balaban J connectivity index is 2.02. The minimum atomic E-state index is -4.39. The van der Waals surface area contributed by atoms with Crippen molar-refractivity contribution in [3.8, 4) is 0 Å². The molecule has 0 bridgehead atoms. The maximum atomic E-state index is 12.5. The first-order valence-corrected chi connectivity index (χ1v) is 7.09. The van der Waals surface area contributed by atoms with Gasteiger partial charge in [-0.1, -0.05) is 12.1 Å². The molecule has 0 aliphatic rings. The summed E-state index contributed by atoms with van der Waals surface area (Å²) in [6.07, 6.45) is -4.39. The topological polar surface area (TPSA) is 42.0 Å². The smallest absolute Gasteiger partial charge is 0.347 e. The lowest BCUT2D eigenvalue weighted by molar-refractivity contribution is -0.137. The Morgan fingerprint density at radius 3 is 2.75 bits per heavy atom. The molecule has 0 radical (unpaired) electrons. The van der Waals surface area contributed by atoms with Crippen LogP contribution in [0.15, 0.2) is 33.6 Å². The number of alkyl halides is 3. The van der Waals surface area contributed by atoms with Crippen LogP contribution in [-0.4, -0.2) is 10.9 Å². The molecule has 1 heterocycles. The number of carbonyl (C=O) groups excluding carboxylic acids is 1. The highest BCUT2D eigenvalue weighted by atomic mass is 79.9. The third-order valence-electron chi connectivity index (χ3n) is 2.42. The number of aromatic nitrogens is 1. The van der Waals surface area contributed by atoms with E-state index in [-0.39, 0.29) is 12.2 Å². The van der Waals surface area contributed by atoms with Crippen LogP contribution < -0.4 is 5.32 Å². The number of amides is 1. The first-order chi connectivity index (χ1) is 9.36. The summed E-state index contributed by atoms with van der Waals surface area (Å²) in [5.41, 5.74) is -0.128. The quantitative estimate of drug-likeness (QED) is 0.898. The molecule has 0 spiro atoms. The molecule has 0 unspecified atom stereocenters. The highest BCUT2D eigenvalue weighted by Crippen LogP contribution is 2.29. The largest absolute Gasteiger partial charge is 0.416 e. The third kappa shape index (κ3) is 3.80. The van der Waals surface area contributed by atoms with E-state index < -0.39 is 17.6 Å². The predicted molar refractivity (Wildman–Crippen MR) is 72.4 cm³/mol. The second kappa shape index (κ2) is 5.92. The average Bonchev–Trinajstić information content (AvgIpc) is 2.82. The van der Waals surface area contributed by atoms with E-state index in [0.29, 0.717) is 9.48 Å². The first kappa shape index (κ1) is 15.0. The van der Waals surface area contributed by atoms with E-state index in [1.807, 2.05) is 0 Å². The van der Waals surface area contributed by atoms with Gasteiger partial charge in [0.2, 0.25) is 0 Å². The van der Waals surface area contributed by atoms with E-state index in [0.717, 1.165) is 12.1 Å². The number of nitrogens with zero attached hydrogens (tertiary/aromatic N) is 1. The zero-order valence-corrected chi connectivity index (χ0v) is 12.3. The van der Waals surface area contributed by atoms with Crippen LogP contribution in [0.3, 0.4) is 0 Å². The van der Waals surface area contributed by atoms with Crippen molar-refractivity contribution in [3.63, 3.8) is 0 Å². The van der Waals surface area contributed by atoms with Crippen LogP contribution in [0, 0.1) is 0 Å². The van der Waals surface area contributed by atoms with Gasteiger partial charge in [-0.25, -0.2) is 4.98 Å². The summed E-state index contributed by atoms with van der Waals surface area (Å²) in [5, 5.41) is 4.09. The molecule has 0 atom stereocenters. The van der Waals surface area contributed by atoms with Gasteiger partial charge < -0.3 is 5.32 Å². The molecule has 1 aromatic carbocycles. The Morgan fingerprint density at radius 1 is 1.40 bits per heavy atom. The number of hydrogen-bond donors (Lipinski definition) is 1. The van der Waals surface area contributed by atoms with Crippen LogP contribution in [0.5, 0.6) is 0 Å². The van der Waals surface area contributed by atoms with Crippen molar-refractivity contribution in [2.75, 3.05) is 0 Å². The fraction of sp³-hybridized carbons (Fsp3) is 0.167. The van der Waals surface area contributed by atoms with Gasteiger partial charge in [-0.05, 0) is 33.6 Å². The van der Waals surface area contributed by atoms with Gasteiger partial charge in [0.15, 0.2) is 3.92 Å². The van der Waals surface area contributed by atoms with Crippen molar-refractivity contribution >= 4 is 33.2 Å². The van der Waals surface area contributed by atoms with Crippen LogP contribution in [0.4, 0.5) is 13.2 Å². The van der Waals surface area contributed by atoms with E-state index >= 15 is 0 Å². The number of carbonyl (C=O) groups is 1. The van der Waals surface area contributed by atoms with Crippen LogP contribution in [-0.2, 0) is 12.7 Å². The number of thiazole rings is 1. The zero-order chi connectivity index (χ0) is 14.8. The fourth-order valence-corrected chi connectivity index (χ4v) is 2.48. The lowest BCUT2D eigenvalue weighted by atomic mass is 10.1. The van der Waals surface area contributed by atoms with Gasteiger partial charge in [-0.15, -0.1) is 11.3 Å². The Labute approximate surface area is 125 Å². The van der Waals surface area contributed by atoms with Crippen LogP contribution >= 0.6 is 27.3 Å². The molecule has 2 rings (SSSR count). The summed E-state index contributed by atoms with van der Waals surface area (Å²) in [6, 6.07) is 4.83. The van der Waals surface area contributed by atoms with Gasteiger partial charge in [0.05, 0.1) is 5.56 Å². The third-order valence-corrected chi connectivity index (χ3v) is 3.78. The zero-order valence-electron chi connectivity index (χ0n) is 9.87. The summed E-state index contributed by atoms with van der Waals surface area (Å²) in [5.74, 6) is -0.427. The number of benzene rings is 1. The summed E-state index contributed by atoms with van der Waals surface area (Å²) >= 11 is 4.39. The van der Waals surface area contributed by atoms with Gasteiger partial charge in [-0.2, -0.15) is 13.2 Å². The molecular weight excluding hydrogens is 357 g/mol. The highest BCUT2D eigenvalue weighted by molar-refractivity contribution is 9.11. The van der Waals surface area contributed by atoms with Crippen molar-refractivity contribution in [2.45, 2.75) is 12.7 Å². The molecule has 0 saturated carbocycles. The molecule has 1 aromatic heterocycles. The van der Waals surface area contributed by atoms with Gasteiger partial charge >= 0.3 is 6.18 Å². The van der Waals surface area contributed by atoms with Crippen LogP contribution in [0.2, 0.25) is 0 Å². The molecule has 0 fully saturated rings. The Bertz CT molecular complexity index is 627. The van der Waals surface area contributed by atoms with E-state index in [4.69, 9.17) is 0 Å². The van der Waals surface area contributed by atoms with Gasteiger partial charge in [0.1, 0.15) is 5.69 Å².